The SMILES string of the molecule is CCS(=O)(=O)C1CCN(C(=O)NC(C)c2cccc(F)c2F)CC1. The van der Waals surface area contributed by atoms with Crippen molar-refractivity contribution >= 4 is 15.9 Å². The zero-order valence-electron chi connectivity index (χ0n) is 13.8. The molecule has 0 spiro atoms. The molecule has 1 fully saturated rings. The van der Waals surface area contributed by atoms with Crippen LogP contribution in [-0.4, -0.2) is 43.4 Å². The number of halogens is 2. The van der Waals surface area contributed by atoms with Gasteiger partial charge in [-0.3, -0.25) is 0 Å². The minimum atomic E-state index is -3.10. The summed E-state index contributed by atoms with van der Waals surface area (Å²) in [5, 5.41) is 2.22. The molecule has 24 heavy (non-hydrogen) atoms. The van der Waals surface area contributed by atoms with Crippen LogP contribution in [0, 0.1) is 11.6 Å². The summed E-state index contributed by atoms with van der Waals surface area (Å²) in [4.78, 5) is 13.8. The molecule has 1 heterocycles. The van der Waals surface area contributed by atoms with Gasteiger partial charge in [-0.15, -0.1) is 0 Å². The van der Waals surface area contributed by atoms with Crippen LogP contribution in [-0.2, 0) is 9.84 Å². The van der Waals surface area contributed by atoms with E-state index in [1.807, 2.05) is 0 Å². The molecule has 0 radical (unpaired) electrons. The van der Waals surface area contributed by atoms with Gasteiger partial charge < -0.3 is 10.2 Å². The molecule has 1 N–H and O–H groups in total. The third kappa shape index (κ3) is 4.03. The van der Waals surface area contributed by atoms with Crippen molar-refractivity contribution in [1.29, 1.82) is 0 Å². The van der Waals surface area contributed by atoms with Gasteiger partial charge >= 0.3 is 6.03 Å². The van der Waals surface area contributed by atoms with Crippen LogP contribution < -0.4 is 5.32 Å². The Balaban J connectivity index is 1.95. The van der Waals surface area contributed by atoms with Crippen LogP contribution in [0.15, 0.2) is 18.2 Å². The summed E-state index contributed by atoms with van der Waals surface area (Å²) in [6.45, 7) is 3.84. The van der Waals surface area contributed by atoms with E-state index in [9.17, 15) is 22.0 Å². The molecule has 1 aromatic rings. The number of rotatable bonds is 4. The quantitative estimate of drug-likeness (QED) is 0.898. The van der Waals surface area contributed by atoms with Crippen LogP contribution >= 0.6 is 0 Å². The molecule has 1 saturated heterocycles. The molecule has 0 saturated carbocycles. The molecule has 1 aromatic carbocycles. The fraction of sp³-hybridized carbons (Fsp3) is 0.562. The average molecular weight is 360 g/mol. The van der Waals surface area contributed by atoms with Gasteiger partial charge in [-0.2, -0.15) is 0 Å². The Morgan fingerprint density at radius 2 is 1.96 bits per heavy atom. The Hall–Kier alpha value is -1.70. The smallest absolute Gasteiger partial charge is 0.317 e. The molecular formula is C16H22F2N2O3S. The van der Waals surface area contributed by atoms with E-state index in [1.165, 1.54) is 17.0 Å². The third-order valence-electron chi connectivity index (χ3n) is 4.43. The van der Waals surface area contributed by atoms with E-state index in [0.717, 1.165) is 6.07 Å². The molecule has 1 aliphatic heterocycles. The number of carbonyl (C=O) groups is 1. The van der Waals surface area contributed by atoms with Crippen LogP contribution in [0.5, 0.6) is 0 Å². The summed E-state index contributed by atoms with van der Waals surface area (Å²) in [6.07, 6.45) is 0.790. The lowest BCUT2D eigenvalue weighted by Crippen LogP contribution is -2.47. The van der Waals surface area contributed by atoms with Crippen molar-refractivity contribution in [3.8, 4) is 0 Å². The summed E-state index contributed by atoms with van der Waals surface area (Å²) in [7, 11) is -3.10. The second-order valence-electron chi connectivity index (χ2n) is 5.95. The lowest BCUT2D eigenvalue weighted by atomic mass is 10.1. The molecule has 2 rings (SSSR count). The maximum Gasteiger partial charge on any atom is 0.317 e. The van der Waals surface area contributed by atoms with Crippen LogP contribution in [0.1, 0.15) is 38.3 Å². The highest BCUT2D eigenvalue weighted by Gasteiger charge is 2.30. The van der Waals surface area contributed by atoms with Gasteiger partial charge in [0.25, 0.3) is 0 Å². The second-order valence-corrected chi connectivity index (χ2v) is 8.52. The van der Waals surface area contributed by atoms with Crippen LogP contribution in [0.3, 0.4) is 0 Å². The molecule has 2 amide bonds. The first-order valence-corrected chi connectivity index (χ1v) is 9.68. The molecule has 134 valence electrons. The number of hydrogen-bond donors (Lipinski definition) is 1. The second kappa shape index (κ2) is 7.46. The summed E-state index contributed by atoms with van der Waals surface area (Å²) >= 11 is 0. The first-order valence-electron chi connectivity index (χ1n) is 7.97. The van der Waals surface area contributed by atoms with Gasteiger partial charge in [-0.05, 0) is 25.8 Å². The van der Waals surface area contributed by atoms with E-state index in [4.69, 9.17) is 0 Å². The lowest BCUT2D eigenvalue weighted by molar-refractivity contribution is 0.183. The molecule has 1 unspecified atom stereocenters. The number of nitrogens with zero attached hydrogens (tertiary/aromatic N) is 1. The predicted octanol–water partition coefficient (Wildman–Crippen LogP) is 2.63. The molecular weight excluding hydrogens is 338 g/mol. The van der Waals surface area contributed by atoms with Gasteiger partial charge in [0.2, 0.25) is 0 Å². The van der Waals surface area contributed by atoms with Crippen LogP contribution in [0.4, 0.5) is 13.6 Å². The molecule has 8 heteroatoms. The number of benzene rings is 1. The van der Waals surface area contributed by atoms with Gasteiger partial charge in [-0.25, -0.2) is 22.0 Å². The molecule has 0 aromatic heterocycles. The van der Waals surface area contributed by atoms with E-state index in [0.29, 0.717) is 25.9 Å². The van der Waals surface area contributed by atoms with Crippen molar-refractivity contribution in [2.75, 3.05) is 18.8 Å². The van der Waals surface area contributed by atoms with Gasteiger partial charge in [0, 0.05) is 24.4 Å². The molecule has 5 nitrogen and oxygen atoms in total. The zero-order chi connectivity index (χ0) is 17.9. The summed E-state index contributed by atoms with van der Waals surface area (Å²) in [5.41, 5.74) is 0.0757. The largest absolute Gasteiger partial charge is 0.331 e. The first kappa shape index (κ1) is 18.6. The molecule has 1 aliphatic rings. The van der Waals surface area contributed by atoms with Crippen molar-refractivity contribution in [2.24, 2.45) is 0 Å². The van der Waals surface area contributed by atoms with Crippen LogP contribution in [0.2, 0.25) is 0 Å². The highest BCUT2D eigenvalue weighted by molar-refractivity contribution is 7.92. The Morgan fingerprint density at radius 1 is 1.33 bits per heavy atom. The minimum Gasteiger partial charge on any atom is -0.331 e. The summed E-state index contributed by atoms with van der Waals surface area (Å²) < 4.78 is 50.8. The fourth-order valence-corrected chi connectivity index (χ4v) is 4.26. The number of nitrogens with one attached hydrogen (secondary N) is 1. The lowest BCUT2D eigenvalue weighted by Gasteiger charge is -2.32. The highest BCUT2D eigenvalue weighted by Crippen LogP contribution is 2.21. The van der Waals surface area contributed by atoms with Gasteiger partial charge in [0.1, 0.15) is 0 Å². The molecule has 0 bridgehead atoms. The maximum absolute atomic E-state index is 13.8. The van der Waals surface area contributed by atoms with Crippen molar-refractivity contribution in [3.63, 3.8) is 0 Å². The maximum atomic E-state index is 13.8. The van der Waals surface area contributed by atoms with E-state index in [1.54, 1.807) is 13.8 Å². The van der Waals surface area contributed by atoms with Gasteiger partial charge in [0.05, 0.1) is 11.3 Å². The number of piperidine rings is 1. The number of carbonyl (C=O) groups excluding carboxylic acids is 1. The Morgan fingerprint density at radius 3 is 2.54 bits per heavy atom. The van der Waals surface area contributed by atoms with Crippen molar-refractivity contribution < 1.29 is 22.0 Å². The van der Waals surface area contributed by atoms with Crippen molar-refractivity contribution in [1.82, 2.24) is 10.2 Å². The number of amides is 2. The van der Waals surface area contributed by atoms with Crippen molar-refractivity contribution in [3.05, 3.63) is 35.4 Å². The fourth-order valence-electron chi connectivity index (χ4n) is 2.86. The highest BCUT2D eigenvalue weighted by atomic mass is 32.2. The predicted molar refractivity (Wildman–Crippen MR) is 87.4 cm³/mol. The average Bonchev–Trinajstić information content (AvgIpc) is 2.57. The topological polar surface area (TPSA) is 66.5 Å². The normalized spacial score (nSPS) is 17.6. The van der Waals surface area contributed by atoms with E-state index >= 15 is 0 Å². The number of hydrogen-bond acceptors (Lipinski definition) is 3. The van der Waals surface area contributed by atoms with E-state index in [-0.39, 0.29) is 11.3 Å². The monoisotopic (exact) mass is 360 g/mol. The molecule has 1 atom stereocenters. The number of likely N-dealkylation sites (tertiary alicyclic amines) is 1. The summed E-state index contributed by atoms with van der Waals surface area (Å²) in [5.74, 6) is -1.84. The van der Waals surface area contributed by atoms with Gasteiger partial charge in [0.15, 0.2) is 21.5 Å². The summed E-state index contributed by atoms with van der Waals surface area (Å²) in [6, 6.07) is 2.73. The van der Waals surface area contributed by atoms with E-state index in [2.05, 4.69) is 5.32 Å². The minimum absolute atomic E-state index is 0.0757. The Bertz CT molecular complexity index is 701. The van der Waals surface area contributed by atoms with Crippen molar-refractivity contribution in [2.45, 2.75) is 38.0 Å². The Labute approximate surface area is 141 Å². The number of urea groups is 1. The molecule has 0 aliphatic carbocycles. The van der Waals surface area contributed by atoms with E-state index < -0.39 is 38.8 Å². The van der Waals surface area contributed by atoms with Crippen LogP contribution in [0.25, 0.3) is 0 Å². The van der Waals surface area contributed by atoms with Gasteiger partial charge in [-0.1, -0.05) is 19.1 Å². The first-order chi connectivity index (χ1) is 11.3. The zero-order valence-corrected chi connectivity index (χ0v) is 14.6. The third-order valence-corrected chi connectivity index (χ3v) is 6.72. The number of sulfone groups is 1. The standard InChI is InChI=1S/C16H22F2N2O3S/c1-3-24(22,23)12-7-9-20(10-8-12)16(21)19-11(2)13-5-4-6-14(17)15(13)18/h4-6,11-12H,3,7-10H2,1-2H3,(H,19,21). The Kier molecular flexibility index (Phi) is 5.79.